The Hall–Kier alpha value is -2.86. The van der Waals surface area contributed by atoms with Crippen molar-refractivity contribution in [1.82, 2.24) is 24.8 Å². The van der Waals surface area contributed by atoms with Crippen LogP contribution in [-0.2, 0) is 6.54 Å². The number of likely N-dealkylation sites (tertiary alicyclic amines) is 1. The summed E-state index contributed by atoms with van der Waals surface area (Å²) in [5.74, 6) is 1.49. The molecule has 0 radical (unpaired) electrons. The Labute approximate surface area is 147 Å². The van der Waals surface area contributed by atoms with Crippen molar-refractivity contribution in [3.8, 4) is 0 Å². The summed E-state index contributed by atoms with van der Waals surface area (Å²) in [6, 6.07) is 14.4. The number of anilines is 2. The van der Waals surface area contributed by atoms with Crippen LogP contribution in [0.5, 0.6) is 0 Å². The first kappa shape index (κ1) is 15.7. The minimum atomic E-state index is 0.434. The number of benzene rings is 1. The van der Waals surface area contributed by atoms with Crippen LogP contribution in [0.1, 0.15) is 23.6 Å². The van der Waals surface area contributed by atoms with Crippen molar-refractivity contribution in [1.29, 1.82) is 0 Å². The van der Waals surface area contributed by atoms with E-state index in [9.17, 15) is 0 Å². The molecule has 25 heavy (non-hydrogen) atoms. The molecule has 2 aromatic heterocycles. The van der Waals surface area contributed by atoms with E-state index in [0.717, 1.165) is 31.7 Å². The zero-order valence-corrected chi connectivity index (χ0v) is 13.9. The van der Waals surface area contributed by atoms with Crippen molar-refractivity contribution in [2.75, 3.05) is 18.4 Å². The minimum absolute atomic E-state index is 0.434. The number of nitrogens with zero attached hydrogens (tertiary/aromatic N) is 5. The van der Waals surface area contributed by atoms with E-state index >= 15 is 0 Å². The lowest BCUT2D eigenvalue weighted by Gasteiger charge is -2.16. The fourth-order valence-electron chi connectivity index (χ4n) is 3.18. The second-order valence-electron chi connectivity index (χ2n) is 6.21. The topological polar surface area (TPSA) is 66.8 Å². The molecule has 1 saturated heterocycles. The molecule has 0 saturated carbocycles. The van der Waals surface area contributed by atoms with E-state index in [-0.39, 0.29) is 0 Å². The van der Waals surface area contributed by atoms with E-state index in [1.165, 1.54) is 5.56 Å². The van der Waals surface area contributed by atoms with Gasteiger partial charge in [0, 0.05) is 37.6 Å². The lowest BCUT2D eigenvalue weighted by atomic mass is 10.1. The molecule has 1 fully saturated rings. The lowest BCUT2D eigenvalue weighted by molar-refractivity contribution is 0.326. The quantitative estimate of drug-likeness (QED) is 0.775. The molecule has 0 unspecified atom stereocenters. The van der Waals surface area contributed by atoms with Gasteiger partial charge in [0.05, 0.1) is 5.69 Å². The Morgan fingerprint density at radius 1 is 0.920 bits per heavy atom. The highest BCUT2D eigenvalue weighted by Gasteiger charge is 2.25. The summed E-state index contributed by atoms with van der Waals surface area (Å²) in [4.78, 5) is 19.7. The molecule has 0 amide bonds. The van der Waals surface area contributed by atoms with Crippen molar-refractivity contribution in [2.45, 2.75) is 18.9 Å². The first-order chi connectivity index (χ1) is 12.4. The van der Waals surface area contributed by atoms with E-state index in [4.69, 9.17) is 0 Å². The molecule has 126 valence electrons. The lowest BCUT2D eigenvalue weighted by Crippen LogP contribution is -2.20. The van der Waals surface area contributed by atoms with Crippen LogP contribution in [-0.4, -0.2) is 37.9 Å². The van der Waals surface area contributed by atoms with Crippen molar-refractivity contribution < 1.29 is 0 Å². The van der Waals surface area contributed by atoms with Gasteiger partial charge < -0.3 is 0 Å². The number of hydrogen-bond donors (Lipinski definition) is 1. The first-order valence-corrected chi connectivity index (χ1v) is 8.50. The van der Waals surface area contributed by atoms with Gasteiger partial charge in [0.15, 0.2) is 0 Å². The van der Waals surface area contributed by atoms with Gasteiger partial charge >= 0.3 is 0 Å². The van der Waals surface area contributed by atoms with Crippen molar-refractivity contribution in [2.24, 2.45) is 0 Å². The predicted molar refractivity (Wildman–Crippen MR) is 96.4 cm³/mol. The molecule has 1 aliphatic rings. The highest BCUT2D eigenvalue weighted by molar-refractivity contribution is 5.41. The summed E-state index contributed by atoms with van der Waals surface area (Å²) in [6.07, 6.45) is 6.30. The van der Waals surface area contributed by atoms with Crippen molar-refractivity contribution >= 4 is 11.9 Å². The Kier molecular flexibility index (Phi) is 4.61. The van der Waals surface area contributed by atoms with E-state index in [0.29, 0.717) is 17.8 Å². The van der Waals surface area contributed by atoms with E-state index in [1.807, 2.05) is 6.07 Å². The molecule has 1 N–H and O–H groups in total. The molecule has 1 atom stereocenters. The molecule has 0 bridgehead atoms. The fourth-order valence-corrected chi connectivity index (χ4v) is 3.18. The van der Waals surface area contributed by atoms with Crippen LogP contribution in [0.4, 0.5) is 11.9 Å². The summed E-state index contributed by atoms with van der Waals surface area (Å²) >= 11 is 0. The summed E-state index contributed by atoms with van der Waals surface area (Å²) in [6.45, 7) is 3.10. The molecular formula is C19H20N6. The van der Waals surface area contributed by atoms with E-state index in [1.54, 1.807) is 24.7 Å². The molecule has 1 aliphatic heterocycles. The van der Waals surface area contributed by atoms with Gasteiger partial charge in [0.2, 0.25) is 11.9 Å². The van der Waals surface area contributed by atoms with Crippen molar-refractivity contribution in [3.63, 3.8) is 0 Å². The maximum Gasteiger partial charge on any atom is 0.229 e. The number of hydrogen-bond acceptors (Lipinski definition) is 6. The second kappa shape index (κ2) is 7.36. The normalized spacial score (nSPS) is 17.5. The highest BCUT2D eigenvalue weighted by atomic mass is 15.2. The third-order valence-corrected chi connectivity index (χ3v) is 4.41. The molecule has 0 spiro atoms. The summed E-state index contributed by atoms with van der Waals surface area (Å²) in [5.41, 5.74) is 2.43. The largest absolute Gasteiger partial charge is 0.298 e. The maximum absolute atomic E-state index is 4.66. The summed E-state index contributed by atoms with van der Waals surface area (Å²) < 4.78 is 0. The standard InChI is InChI=1S/C19H20N6/c1-2-5-15(6-3-1)13-25-12-8-16(14-25)17-7-11-22-19(23-17)24-18-20-9-4-10-21-18/h1-7,9-11,16H,8,12-14H2,(H,20,21,22,23,24)/t16-/m0/s1. The summed E-state index contributed by atoms with van der Waals surface area (Å²) in [7, 11) is 0. The average molecular weight is 332 g/mol. The SMILES string of the molecule is c1ccc(CN2CC[C@H](c3ccnc(Nc4ncccn4)n3)C2)cc1. The van der Waals surface area contributed by atoms with Crippen LogP contribution >= 0.6 is 0 Å². The number of rotatable bonds is 5. The summed E-state index contributed by atoms with van der Waals surface area (Å²) in [5, 5.41) is 3.06. The van der Waals surface area contributed by atoms with E-state index in [2.05, 4.69) is 60.5 Å². The molecule has 0 aliphatic carbocycles. The molecule has 4 rings (SSSR count). The smallest absolute Gasteiger partial charge is 0.229 e. The zero-order valence-electron chi connectivity index (χ0n) is 13.9. The zero-order chi connectivity index (χ0) is 16.9. The molecule has 3 heterocycles. The Morgan fingerprint density at radius 3 is 2.56 bits per heavy atom. The Balaban J connectivity index is 1.41. The molecule has 6 nitrogen and oxygen atoms in total. The van der Waals surface area contributed by atoms with Gasteiger partial charge in [0.1, 0.15) is 0 Å². The van der Waals surface area contributed by atoms with Crippen molar-refractivity contribution in [3.05, 3.63) is 72.3 Å². The van der Waals surface area contributed by atoms with Crippen LogP contribution in [0.15, 0.2) is 61.1 Å². The van der Waals surface area contributed by atoms with Gasteiger partial charge in [-0.2, -0.15) is 0 Å². The van der Waals surface area contributed by atoms with Gasteiger partial charge in [-0.25, -0.2) is 19.9 Å². The number of aromatic nitrogens is 4. The highest BCUT2D eigenvalue weighted by Crippen LogP contribution is 2.27. The second-order valence-corrected chi connectivity index (χ2v) is 6.21. The molecule has 1 aromatic carbocycles. The van der Waals surface area contributed by atoms with Gasteiger partial charge in [0.25, 0.3) is 0 Å². The Morgan fingerprint density at radius 2 is 1.72 bits per heavy atom. The minimum Gasteiger partial charge on any atom is -0.298 e. The fraction of sp³-hybridized carbons (Fsp3) is 0.263. The van der Waals surface area contributed by atoms with Crippen LogP contribution in [0.3, 0.4) is 0 Å². The third-order valence-electron chi connectivity index (χ3n) is 4.41. The van der Waals surface area contributed by atoms with E-state index < -0.39 is 0 Å². The monoisotopic (exact) mass is 332 g/mol. The third kappa shape index (κ3) is 3.97. The maximum atomic E-state index is 4.66. The van der Waals surface area contributed by atoms with Crippen LogP contribution < -0.4 is 5.32 Å². The number of nitrogens with one attached hydrogen (secondary N) is 1. The first-order valence-electron chi connectivity index (χ1n) is 8.50. The average Bonchev–Trinajstić information content (AvgIpc) is 3.12. The van der Waals surface area contributed by atoms with Gasteiger partial charge in [-0.3, -0.25) is 10.2 Å². The van der Waals surface area contributed by atoms with Crippen LogP contribution in [0, 0.1) is 0 Å². The predicted octanol–water partition coefficient (Wildman–Crippen LogP) is 3.00. The van der Waals surface area contributed by atoms with Gasteiger partial charge in [-0.15, -0.1) is 0 Å². The molecule has 3 aromatic rings. The molecular weight excluding hydrogens is 312 g/mol. The Bertz CT molecular complexity index is 808. The molecule has 6 heteroatoms. The van der Waals surface area contributed by atoms with Gasteiger partial charge in [-0.05, 0) is 30.7 Å². The van der Waals surface area contributed by atoms with Crippen LogP contribution in [0.2, 0.25) is 0 Å². The van der Waals surface area contributed by atoms with Crippen LogP contribution in [0.25, 0.3) is 0 Å². The van der Waals surface area contributed by atoms with Gasteiger partial charge in [-0.1, -0.05) is 30.3 Å².